The zero-order valence-electron chi connectivity index (χ0n) is 23.1. The van der Waals surface area contributed by atoms with Crippen molar-refractivity contribution in [2.75, 3.05) is 13.2 Å². The van der Waals surface area contributed by atoms with E-state index in [4.69, 9.17) is 18.9 Å². The highest BCUT2D eigenvalue weighted by molar-refractivity contribution is 5.77. The third-order valence-electron chi connectivity index (χ3n) is 5.54. The zero-order chi connectivity index (χ0) is 28.3. The van der Waals surface area contributed by atoms with E-state index in [-0.39, 0.29) is 43.9 Å². The molecule has 1 rings (SSSR count). The second-order valence-electron chi connectivity index (χ2n) is 9.17. The molecule has 38 heavy (non-hydrogen) atoms. The largest absolute Gasteiger partial charge is 0.508 e. The second kappa shape index (κ2) is 19.0. The number of hydrogen-bond acceptors (Lipinski definition) is 9. The predicted octanol–water partition coefficient (Wildman–Crippen LogP) is 5.20. The van der Waals surface area contributed by atoms with E-state index in [2.05, 4.69) is 5.32 Å². The molecule has 10 heteroatoms. The number of ether oxygens (including phenoxy) is 4. The van der Waals surface area contributed by atoms with Gasteiger partial charge >= 0.3 is 24.1 Å². The maximum absolute atomic E-state index is 12.4. The lowest BCUT2D eigenvalue weighted by molar-refractivity contribution is -0.139. The number of carboxylic acid groups (broad SMARTS) is 1. The van der Waals surface area contributed by atoms with Gasteiger partial charge in [0.2, 0.25) is 0 Å². The summed E-state index contributed by atoms with van der Waals surface area (Å²) in [5.41, 5.74) is 0.558. The van der Waals surface area contributed by atoms with Gasteiger partial charge in [-0.2, -0.15) is 0 Å². The van der Waals surface area contributed by atoms with Crippen LogP contribution in [0.3, 0.4) is 0 Å². The fraction of sp³-hybridized carbons (Fsp3) is 0.643. The molecule has 0 spiro atoms. The molecule has 0 fully saturated rings. The fourth-order valence-corrected chi connectivity index (χ4v) is 3.45. The van der Waals surface area contributed by atoms with E-state index in [1.54, 1.807) is 13.0 Å². The van der Waals surface area contributed by atoms with Gasteiger partial charge in [0.15, 0.2) is 11.5 Å². The van der Waals surface area contributed by atoms with E-state index < -0.39 is 36.2 Å². The summed E-state index contributed by atoms with van der Waals surface area (Å²) >= 11 is 0. The minimum Gasteiger partial charge on any atom is -0.480 e. The molecule has 0 radical (unpaired) electrons. The molecule has 0 aromatic heterocycles. The van der Waals surface area contributed by atoms with Crippen LogP contribution in [-0.2, 0) is 30.3 Å². The number of carbonyl (C=O) groups excluding carboxylic acids is 3. The first-order chi connectivity index (χ1) is 18.2. The molecule has 2 N–H and O–H groups in total. The van der Waals surface area contributed by atoms with E-state index in [0.29, 0.717) is 24.8 Å². The van der Waals surface area contributed by atoms with Crippen molar-refractivity contribution < 1.29 is 43.2 Å². The Labute approximate surface area is 225 Å². The summed E-state index contributed by atoms with van der Waals surface area (Å²) in [6.07, 6.45) is 4.85. The highest BCUT2D eigenvalue weighted by Crippen LogP contribution is 2.30. The number of carbonyl (C=O) groups is 4. The lowest BCUT2D eigenvalue weighted by Gasteiger charge is -2.19. The number of esters is 2. The normalized spacial score (nSPS) is 12.3. The van der Waals surface area contributed by atoms with Gasteiger partial charge in [-0.15, -0.1) is 0 Å². The van der Waals surface area contributed by atoms with E-state index in [0.717, 1.165) is 25.7 Å². The van der Waals surface area contributed by atoms with Gasteiger partial charge in [0.05, 0.1) is 6.61 Å². The van der Waals surface area contributed by atoms with Gasteiger partial charge in [-0.05, 0) is 50.3 Å². The predicted molar refractivity (Wildman–Crippen MR) is 141 cm³/mol. The first kappa shape index (κ1) is 32.9. The van der Waals surface area contributed by atoms with Crippen LogP contribution in [0.5, 0.6) is 11.5 Å². The second-order valence-corrected chi connectivity index (χ2v) is 9.17. The third kappa shape index (κ3) is 14.0. The minimum absolute atomic E-state index is 0.0491. The molecule has 0 heterocycles. The van der Waals surface area contributed by atoms with Gasteiger partial charge in [0.1, 0.15) is 12.1 Å². The van der Waals surface area contributed by atoms with E-state index in [9.17, 15) is 24.3 Å². The number of nitrogens with one attached hydrogen (secondary N) is 1. The van der Waals surface area contributed by atoms with Gasteiger partial charge < -0.3 is 29.4 Å². The van der Waals surface area contributed by atoms with Gasteiger partial charge in [0.25, 0.3) is 0 Å². The monoisotopic (exact) mass is 537 g/mol. The molecule has 1 aromatic rings. The Morgan fingerprint density at radius 3 is 2.03 bits per heavy atom. The Kier molecular flexibility index (Phi) is 16.4. The average Bonchev–Trinajstić information content (AvgIpc) is 2.86. The smallest absolute Gasteiger partial charge is 0.480 e. The highest BCUT2D eigenvalue weighted by Gasteiger charge is 2.22. The number of carboxylic acids is 1. The Hall–Kier alpha value is -3.14. The first-order valence-electron chi connectivity index (χ1n) is 13.5. The van der Waals surface area contributed by atoms with Gasteiger partial charge in [-0.1, -0.05) is 52.5 Å². The molecule has 0 aliphatic carbocycles. The van der Waals surface area contributed by atoms with Crippen LogP contribution >= 0.6 is 0 Å². The summed E-state index contributed by atoms with van der Waals surface area (Å²) in [6.45, 7) is 7.88. The van der Waals surface area contributed by atoms with Crippen LogP contribution in [0.2, 0.25) is 0 Å². The Bertz CT molecular complexity index is 887. The van der Waals surface area contributed by atoms with Crippen LogP contribution in [0.4, 0.5) is 4.79 Å². The first-order valence-corrected chi connectivity index (χ1v) is 13.5. The average molecular weight is 538 g/mol. The summed E-state index contributed by atoms with van der Waals surface area (Å²) in [5, 5.41) is 12.6. The van der Waals surface area contributed by atoms with Crippen molar-refractivity contribution in [2.45, 2.75) is 104 Å². The van der Waals surface area contributed by atoms with Crippen molar-refractivity contribution in [3.05, 3.63) is 23.8 Å². The van der Waals surface area contributed by atoms with Crippen molar-refractivity contribution in [2.24, 2.45) is 0 Å². The number of aliphatic carboxylic acids is 1. The molecule has 214 valence electrons. The summed E-state index contributed by atoms with van der Waals surface area (Å²) in [5.74, 6) is -1.78. The van der Waals surface area contributed by atoms with E-state index >= 15 is 0 Å². The minimum atomic E-state index is -1.10. The van der Waals surface area contributed by atoms with Crippen molar-refractivity contribution in [1.82, 2.24) is 5.32 Å². The SMILES string of the molecule is CCCCCC(=O)Oc1ccc(C[C@H](NCC(C)OC(=O)OCCC)C(=O)O)cc1OC(=O)CCCCC. The molecule has 1 unspecified atom stereocenters. The number of rotatable bonds is 19. The number of benzene rings is 1. The van der Waals surface area contributed by atoms with Crippen molar-refractivity contribution >= 4 is 24.1 Å². The molecular formula is C28H43NO9. The van der Waals surface area contributed by atoms with Crippen LogP contribution in [0, 0.1) is 0 Å². The molecular weight excluding hydrogens is 494 g/mol. The quantitative estimate of drug-likeness (QED) is 0.138. The third-order valence-corrected chi connectivity index (χ3v) is 5.54. The van der Waals surface area contributed by atoms with E-state index in [1.165, 1.54) is 12.1 Å². The Balaban J connectivity index is 2.93. The molecule has 0 bridgehead atoms. The molecule has 0 aliphatic heterocycles. The molecule has 0 aliphatic rings. The lowest BCUT2D eigenvalue weighted by Crippen LogP contribution is -2.42. The molecule has 0 amide bonds. The summed E-state index contributed by atoms with van der Waals surface area (Å²) in [6, 6.07) is 3.65. The van der Waals surface area contributed by atoms with Crippen molar-refractivity contribution in [3.63, 3.8) is 0 Å². The van der Waals surface area contributed by atoms with Gasteiger partial charge in [-0.25, -0.2) is 4.79 Å². The molecule has 1 aromatic carbocycles. The number of unbranched alkanes of at least 4 members (excludes halogenated alkanes) is 4. The maximum atomic E-state index is 12.4. The van der Waals surface area contributed by atoms with Gasteiger partial charge in [-0.3, -0.25) is 14.4 Å². The van der Waals surface area contributed by atoms with Gasteiger partial charge in [0, 0.05) is 19.4 Å². The maximum Gasteiger partial charge on any atom is 0.508 e. The zero-order valence-corrected chi connectivity index (χ0v) is 23.1. The van der Waals surface area contributed by atoms with E-state index in [1.807, 2.05) is 20.8 Å². The fourth-order valence-electron chi connectivity index (χ4n) is 3.45. The summed E-state index contributed by atoms with van der Waals surface area (Å²) in [4.78, 5) is 48.1. The van der Waals surface area contributed by atoms with Crippen LogP contribution < -0.4 is 14.8 Å². The summed E-state index contributed by atoms with van der Waals surface area (Å²) < 4.78 is 21.0. The topological polar surface area (TPSA) is 137 Å². The van der Waals surface area contributed by atoms with Crippen molar-refractivity contribution in [3.8, 4) is 11.5 Å². The number of hydrogen-bond donors (Lipinski definition) is 2. The lowest BCUT2D eigenvalue weighted by atomic mass is 10.0. The molecule has 0 saturated carbocycles. The van der Waals surface area contributed by atoms with Crippen LogP contribution in [0.25, 0.3) is 0 Å². The molecule has 10 nitrogen and oxygen atoms in total. The molecule has 2 atom stereocenters. The van der Waals surface area contributed by atoms with Crippen LogP contribution in [0.15, 0.2) is 18.2 Å². The highest BCUT2D eigenvalue weighted by atomic mass is 16.7. The standard InChI is InChI=1S/C28H43NO9/c1-5-8-10-12-25(30)37-23-15-14-21(18-24(23)38-26(31)13-11-9-6-2)17-22(27(32)33)29-19-20(4)36-28(34)35-16-7-3/h14-15,18,20,22,29H,5-13,16-17,19H2,1-4H3,(H,32,33)/t20?,22-/m0/s1. The summed E-state index contributed by atoms with van der Waals surface area (Å²) in [7, 11) is 0. The van der Waals surface area contributed by atoms with Crippen molar-refractivity contribution in [1.29, 1.82) is 0 Å². The van der Waals surface area contributed by atoms with Crippen LogP contribution in [0.1, 0.15) is 91.0 Å². The Morgan fingerprint density at radius 1 is 0.868 bits per heavy atom. The molecule has 0 saturated heterocycles. The van der Waals surface area contributed by atoms with Crippen LogP contribution in [-0.4, -0.2) is 54.5 Å². The Morgan fingerprint density at radius 2 is 1.47 bits per heavy atom.